The van der Waals surface area contributed by atoms with E-state index in [9.17, 15) is 0 Å². The SMILES string of the molecule is NCc1ncn(CCc2ccccc2)n1. The molecule has 1 aromatic heterocycles. The highest BCUT2D eigenvalue weighted by Gasteiger charge is 1.98. The third kappa shape index (κ3) is 2.63. The zero-order chi connectivity index (χ0) is 10.5. The summed E-state index contributed by atoms with van der Waals surface area (Å²) in [5.41, 5.74) is 6.74. The fourth-order valence-electron chi connectivity index (χ4n) is 1.42. The monoisotopic (exact) mass is 202 g/mol. The number of nitrogens with zero attached hydrogens (tertiary/aromatic N) is 3. The molecule has 0 fully saturated rings. The van der Waals surface area contributed by atoms with E-state index in [1.54, 1.807) is 6.33 Å². The Morgan fingerprint density at radius 2 is 2.00 bits per heavy atom. The fraction of sp³-hybridized carbons (Fsp3) is 0.273. The molecule has 4 heteroatoms. The lowest BCUT2D eigenvalue weighted by Gasteiger charge is -2.00. The van der Waals surface area contributed by atoms with Crippen LogP contribution in [-0.2, 0) is 19.5 Å². The molecule has 0 aliphatic carbocycles. The number of nitrogens with two attached hydrogens (primary N) is 1. The van der Waals surface area contributed by atoms with Crippen LogP contribution in [0.4, 0.5) is 0 Å². The molecule has 0 saturated carbocycles. The van der Waals surface area contributed by atoms with Crippen molar-refractivity contribution in [1.82, 2.24) is 14.8 Å². The molecule has 2 aromatic rings. The molecule has 1 aromatic carbocycles. The van der Waals surface area contributed by atoms with Crippen LogP contribution in [0.15, 0.2) is 36.7 Å². The lowest BCUT2D eigenvalue weighted by Crippen LogP contribution is -2.04. The highest BCUT2D eigenvalue weighted by molar-refractivity contribution is 5.14. The minimum atomic E-state index is 0.401. The molecule has 0 radical (unpaired) electrons. The molecule has 2 N–H and O–H groups in total. The van der Waals surface area contributed by atoms with Gasteiger partial charge in [0.1, 0.15) is 6.33 Å². The van der Waals surface area contributed by atoms with E-state index in [-0.39, 0.29) is 0 Å². The first-order valence-electron chi connectivity index (χ1n) is 5.01. The Hall–Kier alpha value is -1.68. The Labute approximate surface area is 88.8 Å². The van der Waals surface area contributed by atoms with Crippen LogP contribution < -0.4 is 5.73 Å². The summed E-state index contributed by atoms with van der Waals surface area (Å²) in [5, 5.41) is 4.22. The maximum absolute atomic E-state index is 5.43. The molecule has 4 nitrogen and oxygen atoms in total. The summed E-state index contributed by atoms with van der Waals surface area (Å²) in [6.45, 7) is 1.25. The van der Waals surface area contributed by atoms with Crippen LogP contribution in [0.3, 0.4) is 0 Å². The van der Waals surface area contributed by atoms with Crippen LogP contribution in [0.25, 0.3) is 0 Å². The molecule has 0 unspecified atom stereocenters. The van der Waals surface area contributed by atoms with Gasteiger partial charge < -0.3 is 5.73 Å². The van der Waals surface area contributed by atoms with Crippen LogP contribution in [0, 0.1) is 0 Å². The number of aromatic nitrogens is 3. The largest absolute Gasteiger partial charge is 0.324 e. The molecule has 0 atom stereocenters. The summed E-state index contributed by atoms with van der Waals surface area (Å²) in [7, 11) is 0. The van der Waals surface area contributed by atoms with Crippen molar-refractivity contribution in [3.63, 3.8) is 0 Å². The Morgan fingerprint density at radius 3 is 2.67 bits per heavy atom. The summed E-state index contributed by atoms with van der Waals surface area (Å²) in [6, 6.07) is 10.3. The Morgan fingerprint density at radius 1 is 1.20 bits per heavy atom. The Balaban J connectivity index is 1.93. The van der Waals surface area contributed by atoms with E-state index >= 15 is 0 Å². The first kappa shape index (κ1) is 9.86. The molecule has 15 heavy (non-hydrogen) atoms. The van der Waals surface area contributed by atoms with Gasteiger partial charge in [0.05, 0.1) is 6.54 Å². The van der Waals surface area contributed by atoms with Crippen LogP contribution >= 0.6 is 0 Å². The minimum absolute atomic E-state index is 0.401. The van der Waals surface area contributed by atoms with Crippen LogP contribution in [-0.4, -0.2) is 14.8 Å². The number of hydrogen-bond donors (Lipinski definition) is 1. The van der Waals surface area contributed by atoms with Gasteiger partial charge in [0.15, 0.2) is 5.82 Å². The lowest BCUT2D eigenvalue weighted by molar-refractivity contribution is 0.605. The van der Waals surface area contributed by atoms with Crippen molar-refractivity contribution in [3.8, 4) is 0 Å². The first-order chi connectivity index (χ1) is 7.38. The second kappa shape index (κ2) is 4.70. The predicted molar refractivity (Wildman–Crippen MR) is 58.1 cm³/mol. The number of benzene rings is 1. The number of hydrogen-bond acceptors (Lipinski definition) is 3. The predicted octanol–water partition coefficient (Wildman–Crippen LogP) is 0.979. The molecule has 0 bridgehead atoms. The molecule has 78 valence electrons. The highest BCUT2D eigenvalue weighted by Crippen LogP contribution is 2.01. The third-order valence-corrected chi connectivity index (χ3v) is 2.24. The van der Waals surface area contributed by atoms with E-state index in [0.717, 1.165) is 13.0 Å². The van der Waals surface area contributed by atoms with Crippen LogP contribution in [0.5, 0.6) is 0 Å². The van der Waals surface area contributed by atoms with E-state index in [1.165, 1.54) is 5.56 Å². The van der Waals surface area contributed by atoms with E-state index < -0.39 is 0 Å². The maximum Gasteiger partial charge on any atom is 0.164 e. The van der Waals surface area contributed by atoms with Gasteiger partial charge in [-0.05, 0) is 12.0 Å². The second-order valence-corrected chi connectivity index (χ2v) is 3.36. The Kier molecular flexibility index (Phi) is 3.09. The molecule has 2 rings (SSSR count). The van der Waals surface area contributed by atoms with Crippen molar-refractivity contribution >= 4 is 0 Å². The van der Waals surface area contributed by atoms with Crippen LogP contribution in [0.2, 0.25) is 0 Å². The van der Waals surface area contributed by atoms with Crippen molar-refractivity contribution in [3.05, 3.63) is 48.0 Å². The van der Waals surface area contributed by atoms with Crippen molar-refractivity contribution in [2.45, 2.75) is 19.5 Å². The van der Waals surface area contributed by atoms with E-state index in [2.05, 4.69) is 22.2 Å². The van der Waals surface area contributed by atoms with Crippen molar-refractivity contribution in [2.24, 2.45) is 5.73 Å². The normalized spacial score (nSPS) is 10.5. The molecule has 0 spiro atoms. The molecule has 0 amide bonds. The Bertz CT molecular complexity index is 408. The van der Waals surface area contributed by atoms with Gasteiger partial charge in [0, 0.05) is 6.54 Å². The summed E-state index contributed by atoms with van der Waals surface area (Å²) in [4.78, 5) is 4.07. The minimum Gasteiger partial charge on any atom is -0.324 e. The average molecular weight is 202 g/mol. The number of aryl methyl sites for hydroxylation is 2. The molecular formula is C11H14N4. The first-order valence-corrected chi connectivity index (χ1v) is 5.01. The van der Waals surface area contributed by atoms with Gasteiger partial charge in [0.2, 0.25) is 0 Å². The topological polar surface area (TPSA) is 56.7 Å². The van der Waals surface area contributed by atoms with Gasteiger partial charge in [-0.1, -0.05) is 30.3 Å². The molecule has 1 heterocycles. The van der Waals surface area contributed by atoms with Gasteiger partial charge in [-0.2, -0.15) is 5.10 Å². The van der Waals surface area contributed by atoms with Gasteiger partial charge in [-0.3, -0.25) is 4.68 Å². The second-order valence-electron chi connectivity index (χ2n) is 3.36. The summed E-state index contributed by atoms with van der Waals surface area (Å²) in [6.07, 6.45) is 2.69. The third-order valence-electron chi connectivity index (χ3n) is 2.24. The highest BCUT2D eigenvalue weighted by atomic mass is 15.3. The smallest absolute Gasteiger partial charge is 0.164 e. The molecule has 0 saturated heterocycles. The average Bonchev–Trinajstić information content (AvgIpc) is 2.76. The molecule has 0 aliphatic heterocycles. The van der Waals surface area contributed by atoms with Gasteiger partial charge in [-0.25, -0.2) is 4.98 Å². The van der Waals surface area contributed by atoms with Gasteiger partial charge >= 0.3 is 0 Å². The molecule has 0 aliphatic rings. The van der Waals surface area contributed by atoms with E-state index in [1.807, 2.05) is 22.9 Å². The molecular weight excluding hydrogens is 188 g/mol. The standard InChI is InChI=1S/C11H14N4/c12-8-11-13-9-15(14-11)7-6-10-4-2-1-3-5-10/h1-5,9H,6-8,12H2. The maximum atomic E-state index is 5.43. The van der Waals surface area contributed by atoms with Gasteiger partial charge in [-0.15, -0.1) is 0 Å². The summed E-state index contributed by atoms with van der Waals surface area (Å²) < 4.78 is 1.83. The zero-order valence-electron chi connectivity index (χ0n) is 8.50. The summed E-state index contributed by atoms with van der Waals surface area (Å²) in [5.74, 6) is 0.697. The lowest BCUT2D eigenvalue weighted by atomic mass is 10.2. The van der Waals surface area contributed by atoms with Crippen molar-refractivity contribution in [2.75, 3.05) is 0 Å². The summed E-state index contributed by atoms with van der Waals surface area (Å²) >= 11 is 0. The van der Waals surface area contributed by atoms with Crippen molar-refractivity contribution < 1.29 is 0 Å². The number of rotatable bonds is 4. The van der Waals surface area contributed by atoms with Gasteiger partial charge in [0.25, 0.3) is 0 Å². The van der Waals surface area contributed by atoms with E-state index in [0.29, 0.717) is 12.4 Å². The van der Waals surface area contributed by atoms with Crippen LogP contribution in [0.1, 0.15) is 11.4 Å². The zero-order valence-corrected chi connectivity index (χ0v) is 8.50. The fourth-order valence-corrected chi connectivity index (χ4v) is 1.42. The van der Waals surface area contributed by atoms with E-state index in [4.69, 9.17) is 5.73 Å². The quantitative estimate of drug-likeness (QED) is 0.804. The van der Waals surface area contributed by atoms with Crippen molar-refractivity contribution in [1.29, 1.82) is 0 Å².